The number of nitrogens with one attached hydrogen (secondary N) is 1. The van der Waals surface area contributed by atoms with Crippen LogP contribution < -0.4 is 5.32 Å². The van der Waals surface area contributed by atoms with E-state index < -0.39 is 0 Å². The van der Waals surface area contributed by atoms with E-state index in [4.69, 9.17) is 0 Å². The number of amides is 1. The van der Waals surface area contributed by atoms with Crippen LogP contribution >= 0.6 is 11.8 Å². The van der Waals surface area contributed by atoms with E-state index >= 15 is 0 Å². The Kier molecular flexibility index (Phi) is 6.81. The molecule has 2 atom stereocenters. The summed E-state index contributed by atoms with van der Waals surface area (Å²) in [4.78, 5) is 16.9. The summed E-state index contributed by atoms with van der Waals surface area (Å²) in [5.41, 5.74) is 2.03. The van der Waals surface area contributed by atoms with E-state index in [1.807, 2.05) is 48.9 Å². The van der Waals surface area contributed by atoms with Crippen LogP contribution in [0.2, 0.25) is 0 Å². The summed E-state index contributed by atoms with van der Waals surface area (Å²) in [6.45, 7) is 4.02. The molecular weight excluding hydrogens is 370 g/mol. The number of benzene rings is 1. The summed E-state index contributed by atoms with van der Waals surface area (Å²) in [5.74, 6) is 0.731. The van der Waals surface area contributed by atoms with Crippen molar-refractivity contribution in [3.05, 3.63) is 60.4 Å². The van der Waals surface area contributed by atoms with Gasteiger partial charge < -0.3 is 9.88 Å². The van der Waals surface area contributed by atoms with E-state index in [9.17, 15) is 4.79 Å². The van der Waals surface area contributed by atoms with Crippen LogP contribution in [0.5, 0.6) is 0 Å². The molecule has 0 spiro atoms. The number of aromatic nitrogens is 4. The second-order valence-electron chi connectivity index (χ2n) is 6.63. The molecule has 1 N–H and O–H groups in total. The number of carbonyl (C=O) groups is 1. The highest BCUT2D eigenvalue weighted by molar-refractivity contribution is 8.00. The van der Waals surface area contributed by atoms with Crippen molar-refractivity contribution in [3.63, 3.8) is 0 Å². The molecule has 3 aromatic rings. The summed E-state index contributed by atoms with van der Waals surface area (Å²) in [6.07, 6.45) is 5.38. The van der Waals surface area contributed by atoms with Gasteiger partial charge in [-0.2, -0.15) is 0 Å². The number of pyridine rings is 1. The van der Waals surface area contributed by atoms with E-state index in [0.29, 0.717) is 5.16 Å². The van der Waals surface area contributed by atoms with Crippen LogP contribution in [0, 0.1) is 0 Å². The number of hydrogen-bond acceptors (Lipinski definition) is 5. The highest BCUT2D eigenvalue weighted by Crippen LogP contribution is 2.26. The number of carbonyl (C=O) groups excluding carboxylic acids is 1. The van der Waals surface area contributed by atoms with Gasteiger partial charge in [-0.05, 0) is 31.0 Å². The van der Waals surface area contributed by atoms with Crippen molar-refractivity contribution < 1.29 is 4.79 Å². The van der Waals surface area contributed by atoms with Crippen LogP contribution in [0.25, 0.3) is 11.4 Å². The lowest BCUT2D eigenvalue weighted by molar-refractivity contribution is -0.121. The zero-order chi connectivity index (χ0) is 19.9. The number of thioether (sulfide) groups is 1. The smallest absolute Gasteiger partial charge is 0.233 e. The molecule has 146 valence electrons. The molecule has 7 heteroatoms. The lowest BCUT2D eigenvalue weighted by atomic mass is 10.0. The Morgan fingerprint density at radius 2 is 1.96 bits per heavy atom. The monoisotopic (exact) mass is 395 g/mol. The first kappa shape index (κ1) is 20.1. The molecule has 0 saturated carbocycles. The van der Waals surface area contributed by atoms with Gasteiger partial charge in [-0.15, -0.1) is 10.2 Å². The predicted octanol–water partition coefficient (Wildman–Crippen LogP) is 4.02. The predicted molar refractivity (Wildman–Crippen MR) is 112 cm³/mol. The molecule has 6 nitrogen and oxygen atoms in total. The normalized spacial score (nSPS) is 13.1. The zero-order valence-corrected chi connectivity index (χ0v) is 17.2. The summed E-state index contributed by atoms with van der Waals surface area (Å²) < 4.78 is 1.90. The summed E-state index contributed by atoms with van der Waals surface area (Å²) >= 11 is 1.41. The lowest BCUT2D eigenvalue weighted by Gasteiger charge is -2.21. The van der Waals surface area contributed by atoms with Crippen molar-refractivity contribution in [3.8, 4) is 11.4 Å². The van der Waals surface area contributed by atoms with E-state index in [1.54, 1.807) is 12.4 Å². The third kappa shape index (κ3) is 4.78. The quantitative estimate of drug-likeness (QED) is 0.583. The molecule has 0 saturated heterocycles. The Morgan fingerprint density at radius 1 is 1.18 bits per heavy atom. The molecule has 1 aromatic carbocycles. The average molecular weight is 396 g/mol. The maximum absolute atomic E-state index is 12.8. The molecule has 0 aliphatic heterocycles. The summed E-state index contributed by atoms with van der Waals surface area (Å²) in [5, 5.41) is 12.1. The number of nitrogens with zero attached hydrogens (tertiary/aromatic N) is 4. The van der Waals surface area contributed by atoms with Crippen LogP contribution in [0.1, 0.15) is 38.3 Å². The number of hydrogen-bond donors (Lipinski definition) is 1. The molecule has 0 aliphatic carbocycles. The van der Waals surface area contributed by atoms with Gasteiger partial charge in [-0.1, -0.05) is 55.4 Å². The largest absolute Gasteiger partial charge is 0.348 e. The van der Waals surface area contributed by atoms with Crippen LogP contribution in [0.3, 0.4) is 0 Å². The molecule has 0 bridgehead atoms. The van der Waals surface area contributed by atoms with Gasteiger partial charge in [0.25, 0.3) is 0 Å². The fraction of sp³-hybridized carbons (Fsp3) is 0.333. The maximum Gasteiger partial charge on any atom is 0.233 e. The Balaban J connectivity index is 1.68. The minimum Gasteiger partial charge on any atom is -0.348 e. The Morgan fingerprint density at radius 3 is 2.64 bits per heavy atom. The van der Waals surface area contributed by atoms with Gasteiger partial charge in [-0.3, -0.25) is 9.78 Å². The summed E-state index contributed by atoms with van der Waals surface area (Å²) in [6, 6.07) is 13.9. The van der Waals surface area contributed by atoms with Gasteiger partial charge in [0.2, 0.25) is 5.91 Å². The molecule has 1 amide bonds. The maximum atomic E-state index is 12.8. The molecule has 2 unspecified atom stereocenters. The lowest BCUT2D eigenvalue weighted by Crippen LogP contribution is -2.34. The second-order valence-corrected chi connectivity index (χ2v) is 7.94. The Bertz CT molecular complexity index is 898. The first-order valence-corrected chi connectivity index (χ1v) is 10.3. The van der Waals surface area contributed by atoms with Crippen molar-refractivity contribution >= 4 is 17.7 Å². The fourth-order valence-electron chi connectivity index (χ4n) is 2.96. The molecule has 2 aromatic heterocycles. The molecular formula is C21H25N5OS. The highest BCUT2D eigenvalue weighted by atomic mass is 32.2. The third-order valence-electron chi connectivity index (χ3n) is 4.50. The second kappa shape index (κ2) is 9.50. The van der Waals surface area contributed by atoms with Crippen LogP contribution in [-0.2, 0) is 11.8 Å². The molecule has 3 rings (SSSR count). The minimum absolute atomic E-state index is 0.00164. The van der Waals surface area contributed by atoms with Crippen molar-refractivity contribution in [2.45, 2.75) is 43.1 Å². The molecule has 0 aliphatic rings. The standard InChI is InChI=1S/C21H25N5OS/c1-4-9-18(16-10-6-5-7-11-16)23-20(27)15(2)28-21-25-24-19(26(21)3)17-12-8-13-22-14-17/h5-8,10-15,18H,4,9H2,1-3H3,(H,23,27). The Hall–Kier alpha value is -2.67. The highest BCUT2D eigenvalue weighted by Gasteiger charge is 2.22. The van der Waals surface area contributed by atoms with E-state index in [-0.39, 0.29) is 17.2 Å². The average Bonchev–Trinajstić information content (AvgIpc) is 3.09. The molecule has 0 radical (unpaired) electrons. The fourth-order valence-corrected chi connectivity index (χ4v) is 3.78. The van der Waals surface area contributed by atoms with Crippen molar-refractivity contribution in [1.29, 1.82) is 0 Å². The van der Waals surface area contributed by atoms with E-state index in [2.05, 4.69) is 39.6 Å². The Labute approximate surface area is 169 Å². The van der Waals surface area contributed by atoms with Crippen molar-refractivity contribution in [2.75, 3.05) is 0 Å². The van der Waals surface area contributed by atoms with Gasteiger partial charge in [0.15, 0.2) is 11.0 Å². The van der Waals surface area contributed by atoms with E-state index in [1.165, 1.54) is 11.8 Å². The molecule has 2 heterocycles. The van der Waals surface area contributed by atoms with Gasteiger partial charge in [0.1, 0.15) is 0 Å². The third-order valence-corrected chi connectivity index (χ3v) is 5.64. The van der Waals surface area contributed by atoms with Gasteiger partial charge in [0, 0.05) is 25.0 Å². The molecule has 28 heavy (non-hydrogen) atoms. The summed E-state index contributed by atoms with van der Waals surface area (Å²) in [7, 11) is 1.90. The van der Waals surface area contributed by atoms with Crippen LogP contribution in [0.15, 0.2) is 60.0 Å². The topological polar surface area (TPSA) is 72.7 Å². The molecule has 0 fully saturated rings. The van der Waals surface area contributed by atoms with Crippen LogP contribution in [0.4, 0.5) is 0 Å². The van der Waals surface area contributed by atoms with Gasteiger partial charge in [-0.25, -0.2) is 0 Å². The SMILES string of the molecule is CCCC(NC(=O)C(C)Sc1nnc(-c2cccnc2)n1C)c1ccccc1. The van der Waals surface area contributed by atoms with E-state index in [0.717, 1.165) is 29.8 Å². The van der Waals surface area contributed by atoms with Gasteiger partial charge >= 0.3 is 0 Å². The minimum atomic E-state index is -0.285. The van der Waals surface area contributed by atoms with Gasteiger partial charge in [0.05, 0.1) is 11.3 Å². The zero-order valence-electron chi connectivity index (χ0n) is 16.4. The first-order chi connectivity index (χ1) is 13.6. The van der Waals surface area contributed by atoms with Crippen molar-refractivity contribution in [1.82, 2.24) is 25.1 Å². The number of rotatable bonds is 8. The van der Waals surface area contributed by atoms with Crippen molar-refractivity contribution in [2.24, 2.45) is 7.05 Å². The first-order valence-electron chi connectivity index (χ1n) is 9.42. The van der Waals surface area contributed by atoms with Crippen LogP contribution in [-0.4, -0.2) is 30.9 Å².